The first-order chi connectivity index (χ1) is 19.5. The summed E-state index contributed by atoms with van der Waals surface area (Å²) in [5, 5.41) is 10.4. The molecule has 2 aliphatic rings. The van der Waals surface area contributed by atoms with Gasteiger partial charge in [-0.15, -0.1) is 0 Å². The van der Waals surface area contributed by atoms with Gasteiger partial charge in [0.1, 0.15) is 24.4 Å². The molecule has 0 bridgehead atoms. The van der Waals surface area contributed by atoms with Crippen LogP contribution in [0.5, 0.6) is 5.75 Å². The minimum atomic E-state index is -0.648. The molecule has 2 amide bonds. The number of esters is 1. The summed E-state index contributed by atoms with van der Waals surface area (Å²) in [6.45, 7) is 10.9. The average Bonchev–Trinajstić information content (AvgIpc) is 3.30. The predicted octanol–water partition coefficient (Wildman–Crippen LogP) is 4.26. The molecule has 1 aromatic heterocycles. The van der Waals surface area contributed by atoms with Gasteiger partial charge < -0.3 is 14.6 Å². The first kappa shape index (κ1) is 28.8. The first-order valence-electron chi connectivity index (χ1n) is 14.5. The maximum atomic E-state index is 13.1. The molecule has 0 radical (unpaired) electrons. The molecular formula is C32H40N3O6+. The maximum absolute atomic E-state index is 13.1. The highest BCUT2D eigenvalue weighted by Gasteiger charge is 2.40. The van der Waals surface area contributed by atoms with Gasteiger partial charge in [-0.05, 0) is 84.1 Å². The lowest BCUT2D eigenvalue weighted by molar-refractivity contribution is -0.677. The van der Waals surface area contributed by atoms with Crippen LogP contribution in [0.1, 0.15) is 80.4 Å². The number of imidazole rings is 1. The summed E-state index contributed by atoms with van der Waals surface area (Å²) in [5.74, 6) is 0.868. The number of nitrogens with zero attached hydrogens (tertiary/aromatic N) is 3. The minimum absolute atomic E-state index is 0.0724. The Morgan fingerprint density at radius 3 is 2.34 bits per heavy atom. The molecule has 0 spiro atoms. The Labute approximate surface area is 240 Å². The van der Waals surface area contributed by atoms with Crippen LogP contribution in [0.2, 0.25) is 0 Å². The Morgan fingerprint density at radius 1 is 1.10 bits per heavy atom. The van der Waals surface area contributed by atoms with Crippen LogP contribution in [0.25, 0.3) is 11.0 Å². The molecule has 5 rings (SSSR count). The molecule has 1 saturated carbocycles. The molecule has 1 fully saturated rings. The molecule has 1 N–H and O–H groups in total. The van der Waals surface area contributed by atoms with Crippen LogP contribution in [0, 0.1) is 11.8 Å². The van der Waals surface area contributed by atoms with Gasteiger partial charge in [-0.25, -0.2) is 9.13 Å². The fourth-order valence-corrected chi connectivity index (χ4v) is 5.91. The molecule has 2 unspecified atom stereocenters. The number of aliphatic hydroxyl groups is 1. The second-order valence-electron chi connectivity index (χ2n) is 12.1. The number of carbonyl (C=O) groups is 3. The van der Waals surface area contributed by atoms with Crippen molar-refractivity contribution in [2.45, 2.75) is 85.2 Å². The van der Waals surface area contributed by atoms with Gasteiger partial charge in [0.15, 0.2) is 11.0 Å². The van der Waals surface area contributed by atoms with Gasteiger partial charge in [0.05, 0.1) is 36.3 Å². The topological polar surface area (TPSA) is 102 Å². The monoisotopic (exact) mass is 562 g/mol. The molecule has 1 aliphatic heterocycles. The summed E-state index contributed by atoms with van der Waals surface area (Å²) in [5.41, 5.74) is 2.12. The number of rotatable bonds is 10. The molecule has 9 heteroatoms. The van der Waals surface area contributed by atoms with E-state index in [9.17, 15) is 19.5 Å². The van der Waals surface area contributed by atoms with Gasteiger partial charge in [0.25, 0.3) is 17.6 Å². The fourth-order valence-electron chi connectivity index (χ4n) is 5.91. The van der Waals surface area contributed by atoms with Crippen LogP contribution < -0.4 is 9.30 Å². The van der Waals surface area contributed by atoms with Crippen molar-refractivity contribution in [1.29, 1.82) is 0 Å². The second-order valence-corrected chi connectivity index (χ2v) is 12.1. The predicted molar refractivity (Wildman–Crippen MR) is 152 cm³/mol. The van der Waals surface area contributed by atoms with Crippen LogP contribution >= 0.6 is 0 Å². The van der Waals surface area contributed by atoms with E-state index in [0.29, 0.717) is 36.6 Å². The number of fused-ring (bicyclic) bond motifs is 2. The van der Waals surface area contributed by atoms with Gasteiger partial charge in [0.2, 0.25) is 0 Å². The molecule has 2 aromatic carbocycles. The molecule has 2 heterocycles. The van der Waals surface area contributed by atoms with Crippen molar-refractivity contribution >= 4 is 28.8 Å². The van der Waals surface area contributed by atoms with E-state index in [1.165, 1.54) is 4.90 Å². The SMILES string of the molecule is CC[n+]1c(CN2C(=O)c3ccccc3C2=O)n(C[C@H](C)O)c2cc(OCCC3CCC3C(=O)OC(C)(C)C)ccc21. The normalized spacial score (nSPS) is 19.3. The van der Waals surface area contributed by atoms with Crippen LogP contribution in [0.15, 0.2) is 42.5 Å². The summed E-state index contributed by atoms with van der Waals surface area (Å²) in [6, 6.07) is 12.7. The number of carbonyl (C=O) groups excluding carboxylic acids is 3. The zero-order valence-corrected chi connectivity index (χ0v) is 24.6. The quantitative estimate of drug-likeness (QED) is 0.225. The van der Waals surface area contributed by atoms with Crippen LogP contribution in [-0.4, -0.2) is 50.7 Å². The van der Waals surface area contributed by atoms with Crippen LogP contribution in [-0.2, 0) is 29.2 Å². The third-order valence-electron chi connectivity index (χ3n) is 7.98. The highest BCUT2D eigenvalue weighted by Crippen LogP contribution is 2.38. The lowest BCUT2D eigenvalue weighted by atomic mass is 9.72. The van der Waals surface area contributed by atoms with Crippen LogP contribution in [0.4, 0.5) is 0 Å². The van der Waals surface area contributed by atoms with E-state index in [1.54, 1.807) is 31.2 Å². The molecule has 3 atom stereocenters. The van der Waals surface area contributed by atoms with Gasteiger partial charge in [-0.2, -0.15) is 0 Å². The van der Waals surface area contributed by atoms with E-state index in [-0.39, 0.29) is 36.2 Å². The molecule has 9 nitrogen and oxygen atoms in total. The number of aliphatic hydroxyl groups excluding tert-OH is 1. The third-order valence-corrected chi connectivity index (χ3v) is 7.98. The van der Waals surface area contributed by atoms with Gasteiger partial charge in [-0.1, -0.05) is 12.1 Å². The average molecular weight is 563 g/mol. The highest BCUT2D eigenvalue weighted by molar-refractivity contribution is 6.21. The number of amides is 2. The van der Waals surface area contributed by atoms with E-state index in [0.717, 1.165) is 36.1 Å². The number of imide groups is 1. The van der Waals surface area contributed by atoms with Crippen molar-refractivity contribution in [3.63, 3.8) is 0 Å². The zero-order valence-electron chi connectivity index (χ0n) is 24.6. The van der Waals surface area contributed by atoms with E-state index >= 15 is 0 Å². The first-order valence-corrected chi connectivity index (χ1v) is 14.5. The number of aryl methyl sites for hydroxylation is 1. The number of benzene rings is 2. The molecule has 1 aliphatic carbocycles. The fraction of sp³-hybridized carbons (Fsp3) is 0.500. The standard InChI is InChI=1S/C32H40N3O6/c1-6-33-26-14-12-22(40-16-15-21-11-13-23(21)31(39)41-32(3,4)5)17-27(26)34(18-20(2)36)28(33)19-35-29(37)24-9-7-8-10-25(24)30(35)38/h7-10,12,14,17,20-21,23,36H,6,11,13,15-16,18-19H2,1-5H3/q+1/t20-,21?,23?/m0/s1. The van der Waals surface area contributed by atoms with Gasteiger partial charge in [-0.3, -0.25) is 19.3 Å². The minimum Gasteiger partial charge on any atom is -0.493 e. The van der Waals surface area contributed by atoms with Crippen molar-refractivity contribution in [3.8, 4) is 5.75 Å². The van der Waals surface area contributed by atoms with Crippen molar-refractivity contribution in [2.75, 3.05) is 6.61 Å². The summed E-state index contributed by atoms with van der Waals surface area (Å²) in [7, 11) is 0. The largest absolute Gasteiger partial charge is 0.493 e. The lowest BCUT2D eigenvalue weighted by Gasteiger charge is -2.36. The van der Waals surface area contributed by atoms with E-state index in [2.05, 4.69) is 4.57 Å². The Balaban J connectivity index is 1.36. The van der Waals surface area contributed by atoms with Gasteiger partial charge >= 0.3 is 5.97 Å². The molecule has 0 saturated heterocycles. The number of aromatic nitrogens is 2. The third kappa shape index (κ3) is 5.73. The summed E-state index contributed by atoms with van der Waals surface area (Å²) < 4.78 is 15.8. The number of hydrogen-bond acceptors (Lipinski definition) is 6. The molecule has 218 valence electrons. The van der Waals surface area contributed by atoms with Gasteiger partial charge in [0, 0.05) is 6.07 Å². The highest BCUT2D eigenvalue weighted by atomic mass is 16.6. The maximum Gasteiger partial charge on any atom is 0.309 e. The molecular weight excluding hydrogens is 522 g/mol. The number of hydrogen-bond donors (Lipinski definition) is 1. The van der Waals surface area contributed by atoms with Crippen molar-refractivity contribution in [1.82, 2.24) is 9.47 Å². The van der Waals surface area contributed by atoms with E-state index in [4.69, 9.17) is 9.47 Å². The smallest absolute Gasteiger partial charge is 0.309 e. The van der Waals surface area contributed by atoms with E-state index < -0.39 is 11.7 Å². The summed E-state index contributed by atoms with van der Waals surface area (Å²) >= 11 is 0. The summed E-state index contributed by atoms with van der Waals surface area (Å²) in [6.07, 6.45) is 1.95. The lowest BCUT2D eigenvalue weighted by Crippen LogP contribution is -2.42. The Bertz CT molecular complexity index is 1450. The molecule has 3 aromatic rings. The zero-order chi connectivity index (χ0) is 29.5. The summed E-state index contributed by atoms with van der Waals surface area (Å²) in [4.78, 5) is 40.1. The molecule has 41 heavy (non-hydrogen) atoms. The number of ether oxygens (including phenoxy) is 2. The van der Waals surface area contributed by atoms with Crippen LogP contribution in [0.3, 0.4) is 0 Å². The van der Waals surface area contributed by atoms with Crippen molar-refractivity contribution in [3.05, 3.63) is 59.4 Å². The van der Waals surface area contributed by atoms with Crippen molar-refractivity contribution < 1.29 is 33.5 Å². The Kier molecular flexibility index (Phi) is 7.92. The second kappa shape index (κ2) is 11.3. The Hall–Kier alpha value is -3.72. The Morgan fingerprint density at radius 2 is 1.78 bits per heavy atom. The van der Waals surface area contributed by atoms with E-state index in [1.807, 2.05) is 50.5 Å². The van der Waals surface area contributed by atoms with Crippen molar-refractivity contribution in [2.24, 2.45) is 11.8 Å².